The highest BCUT2D eigenvalue weighted by Crippen LogP contribution is 2.35. The van der Waals surface area contributed by atoms with E-state index < -0.39 is 11.7 Å². The Labute approximate surface area is 203 Å². The Morgan fingerprint density at radius 1 is 1.06 bits per heavy atom. The van der Waals surface area contributed by atoms with Gasteiger partial charge in [-0.25, -0.2) is 9.82 Å². The molecule has 0 aliphatic heterocycles. The Hall–Kier alpha value is -3.81. The summed E-state index contributed by atoms with van der Waals surface area (Å²) >= 11 is 7.69. The van der Waals surface area contributed by atoms with Crippen LogP contribution < -0.4 is 5.43 Å². The van der Waals surface area contributed by atoms with E-state index >= 15 is 0 Å². The summed E-state index contributed by atoms with van der Waals surface area (Å²) in [5, 5.41) is 5.36. The van der Waals surface area contributed by atoms with Gasteiger partial charge in [0, 0.05) is 27.4 Å². The van der Waals surface area contributed by atoms with E-state index in [2.05, 4.69) is 10.5 Å². The van der Waals surface area contributed by atoms with Gasteiger partial charge in [0.15, 0.2) is 0 Å². The van der Waals surface area contributed by atoms with Crippen molar-refractivity contribution in [2.45, 2.75) is 6.92 Å². The average Bonchev–Trinajstić information content (AvgIpc) is 3.33. The van der Waals surface area contributed by atoms with Crippen LogP contribution in [0.1, 0.15) is 36.9 Å². The van der Waals surface area contributed by atoms with Gasteiger partial charge in [-0.1, -0.05) is 35.9 Å². The monoisotopic (exact) mass is 489 g/mol. The molecule has 0 spiro atoms. The van der Waals surface area contributed by atoms with Crippen LogP contribution in [0.4, 0.5) is 4.39 Å². The van der Waals surface area contributed by atoms with E-state index in [1.54, 1.807) is 10.6 Å². The lowest BCUT2D eigenvalue weighted by Crippen LogP contribution is -2.16. The first-order valence-electron chi connectivity index (χ1n) is 10.4. The van der Waals surface area contributed by atoms with E-state index in [1.165, 1.54) is 41.8 Å². The number of carbonyl (C=O) groups is 2. The molecular weight excluding hydrogens is 473 g/mol. The highest BCUT2D eigenvalue weighted by atomic mass is 35.5. The van der Waals surface area contributed by atoms with Gasteiger partial charge in [0.25, 0.3) is 5.91 Å². The number of rotatable bonds is 5. The van der Waals surface area contributed by atoms with Crippen molar-refractivity contribution in [3.8, 4) is 0 Å². The zero-order chi connectivity index (χ0) is 23.8. The zero-order valence-electron chi connectivity index (χ0n) is 17.9. The lowest BCUT2D eigenvalue weighted by atomic mass is 10.0. The molecule has 5 rings (SSSR count). The van der Waals surface area contributed by atoms with Crippen LogP contribution in [0.3, 0.4) is 0 Å². The number of fused-ring (bicyclic) bond motifs is 2. The van der Waals surface area contributed by atoms with Crippen LogP contribution in [-0.4, -0.2) is 22.3 Å². The molecule has 168 valence electrons. The fourth-order valence-corrected chi connectivity index (χ4v) is 5.31. The quantitative estimate of drug-likeness (QED) is 0.180. The molecule has 3 aromatic heterocycles. The predicted molar refractivity (Wildman–Crippen MR) is 134 cm³/mol. The largest absolute Gasteiger partial charge is 0.313 e. The van der Waals surface area contributed by atoms with E-state index in [9.17, 15) is 14.0 Å². The predicted octanol–water partition coefficient (Wildman–Crippen LogP) is 6.25. The fraction of sp³-hybridized carbons (Fsp3) is 0.0385. The van der Waals surface area contributed by atoms with Crippen molar-refractivity contribution in [2.75, 3.05) is 0 Å². The summed E-state index contributed by atoms with van der Waals surface area (Å²) < 4.78 is 16.0. The Morgan fingerprint density at radius 3 is 2.56 bits per heavy atom. The maximum absolute atomic E-state index is 13.3. The molecule has 8 heteroatoms. The summed E-state index contributed by atoms with van der Waals surface area (Å²) in [5.41, 5.74) is 5.50. The number of thiophene rings is 1. The van der Waals surface area contributed by atoms with Crippen molar-refractivity contribution in [2.24, 2.45) is 5.10 Å². The van der Waals surface area contributed by atoms with Crippen molar-refractivity contribution < 1.29 is 14.0 Å². The number of hydrazone groups is 1. The normalized spacial score (nSPS) is 11.5. The topological polar surface area (TPSA) is 62.9 Å². The molecule has 0 saturated heterocycles. The molecule has 5 nitrogen and oxygen atoms in total. The number of benzene rings is 2. The second-order valence-electron chi connectivity index (χ2n) is 7.62. The molecule has 5 aromatic rings. The zero-order valence-corrected chi connectivity index (χ0v) is 19.5. The lowest BCUT2D eigenvalue weighted by Gasteiger charge is -2.04. The molecule has 0 fully saturated rings. The standard InChI is InChI=1S/C26H17ClFN3O2S/c1-15-19(14-29-30-26(33)25-22(27)18-6-2-3-8-21(18)34-25)20-7-4-5-13-31(20)23(15)24(32)16-9-11-17(28)12-10-16/h2-14H,1H3,(H,30,33)/b29-14-. The molecular formula is C26H17ClFN3O2S. The number of hydrogen-bond acceptors (Lipinski definition) is 4. The number of amides is 1. The molecule has 2 aromatic carbocycles. The third-order valence-corrected chi connectivity index (χ3v) is 7.23. The van der Waals surface area contributed by atoms with Crippen LogP contribution >= 0.6 is 22.9 Å². The highest BCUT2D eigenvalue weighted by Gasteiger charge is 2.21. The van der Waals surface area contributed by atoms with Gasteiger partial charge in [-0.3, -0.25) is 9.59 Å². The van der Waals surface area contributed by atoms with Gasteiger partial charge >= 0.3 is 0 Å². The number of nitrogens with one attached hydrogen (secondary N) is 1. The van der Waals surface area contributed by atoms with Gasteiger partial charge in [0.1, 0.15) is 10.7 Å². The summed E-state index contributed by atoms with van der Waals surface area (Å²) in [6.07, 6.45) is 3.30. The minimum atomic E-state index is -0.411. The van der Waals surface area contributed by atoms with Crippen molar-refractivity contribution in [1.82, 2.24) is 9.83 Å². The van der Waals surface area contributed by atoms with Crippen LogP contribution in [0.15, 0.2) is 78.0 Å². The highest BCUT2D eigenvalue weighted by molar-refractivity contribution is 7.21. The SMILES string of the molecule is Cc1c(/C=N\NC(=O)c2sc3ccccc3c2Cl)c2ccccn2c1C(=O)c1ccc(F)cc1. The van der Waals surface area contributed by atoms with Gasteiger partial charge in [-0.15, -0.1) is 11.3 Å². The molecule has 0 bridgehead atoms. The van der Waals surface area contributed by atoms with E-state index in [-0.39, 0.29) is 5.78 Å². The molecule has 1 N–H and O–H groups in total. The van der Waals surface area contributed by atoms with Crippen molar-refractivity contribution in [3.05, 3.63) is 111 Å². The maximum Gasteiger partial charge on any atom is 0.283 e. The molecule has 1 amide bonds. The van der Waals surface area contributed by atoms with Crippen molar-refractivity contribution in [1.29, 1.82) is 0 Å². The first-order valence-corrected chi connectivity index (χ1v) is 11.6. The lowest BCUT2D eigenvalue weighted by molar-refractivity contribution is 0.0958. The summed E-state index contributed by atoms with van der Waals surface area (Å²) in [6, 6.07) is 18.5. The van der Waals surface area contributed by atoms with Crippen molar-refractivity contribution >= 4 is 56.4 Å². The van der Waals surface area contributed by atoms with E-state index in [1.807, 2.05) is 49.4 Å². The molecule has 0 atom stereocenters. The van der Waals surface area contributed by atoms with Crippen LogP contribution in [-0.2, 0) is 0 Å². The Kier molecular flexibility index (Phi) is 5.73. The first-order chi connectivity index (χ1) is 16.5. The minimum absolute atomic E-state index is 0.237. The smallest absolute Gasteiger partial charge is 0.283 e. The fourth-order valence-electron chi connectivity index (χ4n) is 3.90. The third kappa shape index (κ3) is 3.79. The van der Waals surface area contributed by atoms with Crippen molar-refractivity contribution in [3.63, 3.8) is 0 Å². The number of ketones is 1. The van der Waals surface area contributed by atoms with Crippen LogP contribution in [0, 0.1) is 12.7 Å². The first kappa shape index (κ1) is 22.0. The molecule has 0 unspecified atom stereocenters. The van der Waals surface area contributed by atoms with Gasteiger partial charge in [0.2, 0.25) is 5.78 Å². The molecule has 0 aliphatic rings. The molecule has 0 radical (unpaired) electrons. The summed E-state index contributed by atoms with van der Waals surface area (Å²) in [4.78, 5) is 26.3. The molecule has 3 heterocycles. The van der Waals surface area contributed by atoms with E-state index in [0.717, 1.165) is 15.6 Å². The Morgan fingerprint density at radius 2 is 1.79 bits per heavy atom. The molecule has 34 heavy (non-hydrogen) atoms. The third-order valence-electron chi connectivity index (χ3n) is 5.56. The molecule has 0 aliphatic carbocycles. The number of carbonyl (C=O) groups excluding carboxylic acids is 2. The summed E-state index contributed by atoms with van der Waals surface area (Å²) in [6.45, 7) is 1.82. The number of halogens is 2. The van der Waals surface area contributed by atoms with Gasteiger partial charge in [-0.2, -0.15) is 5.10 Å². The number of pyridine rings is 1. The Balaban J connectivity index is 1.47. The second kappa shape index (κ2) is 8.85. The maximum atomic E-state index is 13.3. The average molecular weight is 490 g/mol. The van der Waals surface area contributed by atoms with E-state index in [4.69, 9.17) is 11.6 Å². The second-order valence-corrected chi connectivity index (χ2v) is 9.05. The number of hydrogen-bond donors (Lipinski definition) is 1. The van der Waals surface area contributed by atoms with Crippen LogP contribution in [0.5, 0.6) is 0 Å². The van der Waals surface area contributed by atoms with Crippen LogP contribution in [0.25, 0.3) is 15.6 Å². The van der Waals surface area contributed by atoms with Gasteiger partial charge in [-0.05, 0) is 55.0 Å². The molecule has 0 saturated carbocycles. The summed E-state index contributed by atoms with van der Waals surface area (Å²) in [7, 11) is 0. The van der Waals surface area contributed by atoms with Gasteiger partial charge < -0.3 is 4.40 Å². The van der Waals surface area contributed by atoms with Gasteiger partial charge in [0.05, 0.1) is 22.4 Å². The van der Waals surface area contributed by atoms with Crippen LogP contribution in [0.2, 0.25) is 5.02 Å². The number of nitrogens with zero attached hydrogens (tertiary/aromatic N) is 2. The van der Waals surface area contributed by atoms with E-state index in [0.29, 0.717) is 32.3 Å². The minimum Gasteiger partial charge on any atom is -0.313 e. The number of aromatic nitrogens is 1. The summed E-state index contributed by atoms with van der Waals surface area (Å²) in [5.74, 6) is -1.05. The Bertz CT molecular complexity index is 1600.